The maximum absolute atomic E-state index is 13.6. The van der Waals surface area contributed by atoms with Crippen molar-refractivity contribution in [2.75, 3.05) is 0 Å². The van der Waals surface area contributed by atoms with E-state index in [4.69, 9.17) is 27.9 Å². The van der Waals surface area contributed by atoms with E-state index in [1.807, 2.05) is 0 Å². The first-order chi connectivity index (χ1) is 8.20. The van der Waals surface area contributed by atoms with Crippen LogP contribution in [0.3, 0.4) is 0 Å². The number of rotatable bonds is 3. The molecular formula is C13H9Cl2FO. The predicted octanol–water partition coefficient (Wildman–Crippen LogP) is 5.01. The second-order valence-electron chi connectivity index (χ2n) is 3.42. The van der Waals surface area contributed by atoms with Crippen molar-refractivity contribution in [2.24, 2.45) is 0 Å². The summed E-state index contributed by atoms with van der Waals surface area (Å²) >= 11 is 11.5. The van der Waals surface area contributed by atoms with E-state index in [1.54, 1.807) is 36.4 Å². The number of hydrogen-bond acceptors (Lipinski definition) is 1. The molecule has 0 amide bonds. The minimum Gasteiger partial charge on any atom is -0.454 e. The van der Waals surface area contributed by atoms with Crippen LogP contribution in [-0.4, -0.2) is 0 Å². The molecule has 0 N–H and O–H groups in total. The minimum atomic E-state index is -0.432. The lowest BCUT2D eigenvalue weighted by atomic mass is 10.2. The third-order valence-electron chi connectivity index (χ3n) is 2.23. The molecule has 0 aromatic heterocycles. The van der Waals surface area contributed by atoms with Crippen molar-refractivity contribution in [1.82, 2.24) is 0 Å². The maximum Gasteiger partial charge on any atom is 0.167 e. The van der Waals surface area contributed by atoms with Gasteiger partial charge in [-0.3, -0.25) is 0 Å². The molecule has 88 valence electrons. The lowest BCUT2D eigenvalue weighted by Gasteiger charge is -2.10. The maximum atomic E-state index is 13.6. The highest BCUT2D eigenvalue weighted by Gasteiger charge is 2.09. The van der Waals surface area contributed by atoms with Crippen LogP contribution in [0.4, 0.5) is 4.39 Å². The Morgan fingerprint density at radius 2 is 1.76 bits per heavy atom. The van der Waals surface area contributed by atoms with Gasteiger partial charge in [-0.05, 0) is 30.3 Å². The van der Waals surface area contributed by atoms with Gasteiger partial charge in [0, 0.05) is 10.6 Å². The van der Waals surface area contributed by atoms with Gasteiger partial charge in [0.15, 0.2) is 11.6 Å². The summed E-state index contributed by atoms with van der Waals surface area (Å²) < 4.78 is 19.1. The van der Waals surface area contributed by atoms with Crippen molar-refractivity contribution in [2.45, 2.75) is 5.88 Å². The van der Waals surface area contributed by atoms with E-state index in [0.29, 0.717) is 16.3 Å². The summed E-state index contributed by atoms with van der Waals surface area (Å²) in [7, 11) is 0. The minimum absolute atomic E-state index is 0.157. The van der Waals surface area contributed by atoms with Gasteiger partial charge in [-0.2, -0.15) is 0 Å². The Morgan fingerprint density at radius 3 is 2.41 bits per heavy atom. The Labute approximate surface area is 109 Å². The molecule has 2 aromatic rings. The van der Waals surface area contributed by atoms with Crippen molar-refractivity contribution in [1.29, 1.82) is 0 Å². The van der Waals surface area contributed by atoms with Gasteiger partial charge in [-0.1, -0.05) is 23.7 Å². The highest BCUT2D eigenvalue weighted by molar-refractivity contribution is 6.30. The third kappa shape index (κ3) is 2.90. The quantitative estimate of drug-likeness (QED) is 0.713. The van der Waals surface area contributed by atoms with Gasteiger partial charge in [0.05, 0.1) is 5.88 Å². The summed E-state index contributed by atoms with van der Waals surface area (Å²) in [5.41, 5.74) is 0.613. The zero-order valence-corrected chi connectivity index (χ0v) is 10.3. The highest BCUT2D eigenvalue weighted by atomic mass is 35.5. The third-order valence-corrected chi connectivity index (χ3v) is 2.77. The molecule has 4 heteroatoms. The van der Waals surface area contributed by atoms with E-state index in [0.717, 1.165) is 0 Å². The molecule has 2 aromatic carbocycles. The summed E-state index contributed by atoms with van der Waals surface area (Å²) in [5, 5.41) is 0.600. The average Bonchev–Trinajstić information content (AvgIpc) is 2.34. The molecule has 0 fully saturated rings. The van der Waals surface area contributed by atoms with E-state index in [1.165, 1.54) is 6.07 Å². The fourth-order valence-electron chi connectivity index (χ4n) is 1.39. The smallest absolute Gasteiger partial charge is 0.167 e. The van der Waals surface area contributed by atoms with Gasteiger partial charge in [0.1, 0.15) is 5.75 Å². The van der Waals surface area contributed by atoms with Crippen molar-refractivity contribution in [3.63, 3.8) is 0 Å². The second-order valence-corrected chi connectivity index (χ2v) is 4.12. The van der Waals surface area contributed by atoms with Crippen LogP contribution in [0, 0.1) is 5.82 Å². The first-order valence-corrected chi connectivity index (χ1v) is 5.88. The van der Waals surface area contributed by atoms with E-state index < -0.39 is 5.82 Å². The van der Waals surface area contributed by atoms with Gasteiger partial charge < -0.3 is 4.74 Å². The van der Waals surface area contributed by atoms with Gasteiger partial charge in [-0.15, -0.1) is 11.6 Å². The number of ether oxygens (including phenoxy) is 1. The predicted molar refractivity (Wildman–Crippen MR) is 67.5 cm³/mol. The fourth-order valence-corrected chi connectivity index (χ4v) is 1.73. The molecule has 0 spiro atoms. The number of alkyl halides is 1. The van der Waals surface area contributed by atoms with Gasteiger partial charge >= 0.3 is 0 Å². The monoisotopic (exact) mass is 270 g/mol. The van der Waals surface area contributed by atoms with Gasteiger partial charge in [0.25, 0.3) is 0 Å². The van der Waals surface area contributed by atoms with E-state index >= 15 is 0 Å². The Kier molecular flexibility index (Phi) is 3.87. The zero-order valence-electron chi connectivity index (χ0n) is 8.79. The molecule has 0 atom stereocenters. The van der Waals surface area contributed by atoms with Gasteiger partial charge in [-0.25, -0.2) is 4.39 Å². The number of hydrogen-bond donors (Lipinski definition) is 0. The highest BCUT2D eigenvalue weighted by Crippen LogP contribution is 2.30. The molecule has 2 rings (SSSR count). The summed E-state index contributed by atoms with van der Waals surface area (Å²) in [5.74, 6) is 0.439. The van der Waals surface area contributed by atoms with Crippen molar-refractivity contribution in [3.8, 4) is 11.5 Å². The van der Waals surface area contributed by atoms with Crippen molar-refractivity contribution >= 4 is 23.2 Å². The van der Waals surface area contributed by atoms with Gasteiger partial charge in [0.2, 0.25) is 0 Å². The summed E-state index contributed by atoms with van der Waals surface area (Å²) in [4.78, 5) is 0. The normalized spacial score (nSPS) is 10.3. The standard InChI is InChI=1S/C13H9Cl2FO/c14-8-9-2-1-3-12(16)13(9)17-11-6-4-10(15)5-7-11/h1-7H,8H2. The first-order valence-electron chi connectivity index (χ1n) is 4.97. The Morgan fingerprint density at radius 1 is 1.06 bits per heavy atom. The lowest BCUT2D eigenvalue weighted by molar-refractivity contribution is 0.438. The first kappa shape index (κ1) is 12.2. The van der Waals surface area contributed by atoms with Crippen LogP contribution < -0.4 is 4.74 Å². The van der Waals surface area contributed by atoms with Crippen LogP contribution in [0.1, 0.15) is 5.56 Å². The fraction of sp³-hybridized carbons (Fsp3) is 0.0769. The molecule has 0 aliphatic heterocycles. The van der Waals surface area contributed by atoms with Crippen LogP contribution in [0.2, 0.25) is 5.02 Å². The zero-order chi connectivity index (χ0) is 12.3. The number of para-hydroxylation sites is 1. The molecule has 17 heavy (non-hydrogen) atoms. The SMILES string of the molecule is Fc1cccc(CCl)c1Oc1ccc(Cl)cc1. The molecule has 0 aliphatic carbocycles. The molecular weight excluding hydrogens is 262 g/mol. The molecule has 0 saturated heterocycles. The van der Waals surface area contributed by atoms with Crippen molar-refractivity contribution < 1.29 is 9.13 Å². The summed E-state index contributed by atoms with van der Waals surface area (Å²) in [6.45, 7) is 0. The Bertz CT molecular complexity index is 511. The number of benzene rings is 2. The lowest BCUT2D eigenvalue weighted by Crippen LogP contribution is -1.93. The average molecular weight is 271 g/mol. The van der Waals surface area contributed by atoms with Crippen LogP contribution in [0.5, 0.6) is 11.5 Å². The largest absolute Gasteiger partial charge is 0.454 e. The van der Waals surface area contributed by atoms with Crippen LogP contribution >= 0.6 is 23.2 Å². The Hall–Kier alpha value is -1.25. The summed E-state index contributed by atoms with van der Waals surface area (Å²) in [6, 6.07) is 11.4. The molecule has 0 heterocycles. The van der Waals surface area contributed by atoms with Crippen molar-refractivity contribution in [3.05, 3.63) is 58.9 Å². The molecule has 0 unspecified atom stereocenters. The molecule has 0 saturated carbocycles. The molecule has 1 nitrogen and oxygen atoms in total. The van der Waals surface area contributed by atoms with Crippen LogP contribution in [0.25, 0.3) is 0 Å². The summed E-state index contributed by atoms with van der Waals surface area (Å²) in [6.07, 6.45) is 0. The van der Waals surface area contributed by atoms with E-state index in [2.05, 4.69) is 0 Å². The van der Waals surface area contributed by atoms with Crippen LogP contribution in [-0.2, 0) is 5.88 Å². The van der Waals surface area contributed by atoms with E-state index in [9.17, 15) is 4.39 Å². The molecule has 0 radical (unpaired) electrons. The number of halogens is 3. The van der Waals surface area contributed by atoms with Crippen LogP contribution in [0.15, 0.2) is 42.5 Å². The Balaban J connectivity index is 2.32. The topological polar surface area (TPSA) is 9.23 Å². The van der Waals surface area contributed by atoms with E-state index in [-0.39, 0.29) is 11.6 Å². The molecule has 0 aliphatic rings. The molecule has 0 bridgehead atoms. The second kappa shape index (κ2) is 5.39.